The fourth-order valence-corrected chi connectivity index (χ4v) is 4.16. The number of pyridine rings is 1. The lowest BCUT2D eigenvalue weighted by Crippen LogP contribution is -2.54. The Morgan fingerprint density at radius 1 is 0.972 bits per heavy atom. The van der Waals surface area contributed by atoms with E-state index >= 15 is 0 Å². The molecular weight excluding hydrogens is 459 g/mol. The molecule has 1 saturated heterocycles. The highest BCUT2D eigenvalue weighted by atomic mass is 19.1. The van der Waals surface area contributed by atoms with Gasteiger partial charge in [-0.3, -0.25) is 19.6 Å². The lowest BCUT2D eigenvalue weighted by Gasteiger charge is -2.39. The van der Waals surface area contributed by atoms with Gasteiger partial charge in [0.1, 0.15) is 12.4 Å². The van der Waals surface area contributed by atoms with Gasteiger partial charge in [0.05, 0.1) is 6.61 Å². The van der Waals surface area contributed by atoms with Gasteiger partial charge in [-0.2, -0.15) is 0 Å². The van der Waals surface area contributed by atoms with E-state index in [1.54, 1.807) is 19.3 Å². The Bertz CT molecular complexity index is 1190. The van der Waals surface area contributed by atoms with Crippen molar-refractivity contribution in [3.63, 3.8) is 0 Å². The molecule has 1 amide bonds. The zero-order valence-electron chi connectivity index (χ0n) is 20.2. The van der Waals surface area contributed by atoms with Crippen molar-refractivity contribution < 1.29 is 18.7 Å². The third-order valence-corrected chi connectivity index (χ3v) is 6.00. The minimum Gasteiger partial charge on any atom is -0.465 e. The number of ether oxygens (including phenoxy) is 1. The van der Waals surface area contributed by atoms with Crippen LogP contribution in [-0.2, 0) is 14.3 Å². The molecule has 0 radical (unpaired) electrons. The maximum Gasteiger partial charge on any atom is 0.327 e. The van der Waals surface area contributed by atoms with Crippen molar-refractivity contribution in [3.8, 4) is 11.1 Å². The number of carbonyl (C=O) groups excluding carboxylic acids is 2. The minimum absolute atomic E-state index is 0.0757. The molecule has 0 atom stereocenters. The average Bonchev–Trinajstić information content (AvgIpc) is 2.91. The summed E-state index contributed by atoms with van der Waals surface area (Å²) in [5.74, 6) is -0.698. The zero-order valence-corrected chi connectivity index (χ0v) is 20.2. The summed E-state index contributed by atoms with van der Waals surface area (Å²) in [6.45, 7) is 4.66. The molecule has 0 bridgehead atoms. The second-order valence-electron chi connectivity index (χ2n) is 8.38. The normalized spacial score (nSPS) is 14.1. The van der Waals surface area contributed by atoms with Crippen molar-refractivity contribution in [2.45, 2.75) is 6.92 Å². The first-order valence-corrected chi connectivity index (χ1v) is 11.9. The van der Waals surface area contributed by atoms with Gasteiger partial charge in [-0.25, -0.2) is 9.40 Å². The monoisotopic (exact) mass is 488 g/mol. The highest BCUT2D eigenvalue weighted by Crippen LogP contribution is 2.23. The molecule has 0 saturated carbocycles. The fraction of sp³-hybridized carbons (Fsp3) is 0.250. The molecule has 1 aliphatic rings. The first kappa shape index (κ1) is 25.1. The Labute approximate surface area is 210 Å². The topological polar surface area (TPSA) is 66.0 Å². The number of rotatable bonds is 9. The van der Waals surface area contributed by atoms with Gasteiger partial charge in [-0.15, -0.1) is 0 Å². The van der Waals surface area contributed by atoms with Gasteiger partial charge in [-0.1, -0.05) is 24.3 Å². The van der Waals surface area contributed by atoms with Gasteiger partial charge in [0.2, 0.25) is 6.41 Å². The molecule has 0 N–H and O–H groups in total. The van der Waals surface area contributed by atoms with Crippen LogP contribution in [0.4, 0.5) is 10.1 Å². The molecule has 8 heteroatoms. The van der Waals surface area contributed by atoms with Crippen molar-refractivity contribution in [2.24, 2.45) is 0 Å². The lowest BCUT2D eigenvalue weighted by atomic mass is 10.0. The molecule has 36 heavy (non-hydrogen) atoms. The summed E-state index contributed by atoms with van der Waals surface area (Å²) in [6.07, 6.45) is 7.92. The maximum atomic E-state index is 14.2. The van der Waals surface area contributed by atoms with Crippen molar-refractivity contribution >= 4 is 30.2 Å². The number of hydrogen-bond acceptors (Lipinski definition) is 6. The van der Waals surface area contributed by atoms with Crippen LogP contribution in [0.2, 0.25) is 0 Å². The number of anilines is 1. The highest BCUT2D eigenvalue weighted by Gasteiger charge is 2.23. The van der Waals surface area contributed by atoms with Gasteiger partial charge in [-0.05, 0) is 71.6 Å². The van der Waals surface area contributed by atoms with Gasteiger partial charge in [0, 0.05) is 44.3 Å². The van der Waals surface area contributed by atoms with Crippen molar-refractivity contribution in [2.75, 3.05) is 44.2 Å². The van der Waals surface area contributed by atoms with E-state index in [1.807, 2.05) is 47.5 Å². The van der Waals surface area contributed by atoms with Crippen LogP contribution in [0.3, 0.4) is 0 Å². The van der Waals surface area contributed by atoms with Crippen LogP contribution in [0.1, 0.15) is 18.1 Å². The third kappa shape index (κ3) is 6.55. The molecular formula is C28H29FN4O3. The number of benzene rings is 2. The van der Waals surface area contributed by atoms with E-state index in [-0.39, 0.29) is 12.4 Å². The number of halogens is 1. The summed E-state index contributed by atoms with van der Waals surface area (Å²) in [4.78, 5) is 29.4. The molecule has 0 spiro atoms. The number of hydrazine groups is 1. The van der Waals surface area contributed by atoms with E-state index in [9.17, 15) is 14.0 Å². The summed E-state index contributed by atoms with van der Waals surface area (Å²) in [5.41, 5.74) is 4.60. The molecule has 2 aromatic carbocycles. The maximum absolute atomic E-state index is 14.2. The van der Waals surface area contributed by atoms with Crippen molar-refractivity contribution in [1.29, 1.82) is 0 Å². The molecule has 0 unspecified atom stereocenters. The van der Waals surface area contributed by atoms with E-state index < -0.39 is 5.97 Å². The molecule has 1 fully saturated rings. The standard InChI is InChI=1S/C28H29FN4O3/c1-2-36-28(35)20-33(21-34)32-15-13-31(14-16-32)27-7-5-22(6-8-27)3-4-23-17-25(19-26(29)18-23)24-9-11-30-12-10-24/h3-12,17-19,21H,2,13-16,20H2,1H3. The second-order valence-corrected chi connectivity index (χ2v) is 8.38. The highest BCUT2D eigenvalue weighted by molar-refractivity contribution is 5.75. The number of esters is 1. The smallest absolute Gasteiger partial charge is 0.327 e. The number of aromatic nitrogens is 1. The first-order valence-electron chi connectivity index (χ1n) is 11.9. The van der Waals surface area contributed by atoms with Crippen LogP contribution in [-0.4, -0.2) is 66.7 Å². The van der Waals surface area contributed by atoms with E-state index in [2.05, 4.69) is 22.0 Å². The summed E-state index contributed by atoms with van der Waals surface area (Å²) in [5, 5.41) is 3.26. The Morgan fingerprint density at radius 2 is 1.67 bits per heavy atom. The van der Waals surface area contributed by atoms with Crippen LogP contribution in [0.5, 0.6) is 0 Å². The summed E-state index contributed by atoms with van der Waals surface area (Å²) in [7, 11) is 0. The van der Waals surface area contributed by atoms with Gasteiger partial charge in [0.15, 0.2) is 0 Å². The number of carbonyl (C=O) groups is 2. The Kier molecular flexibility index (Phi) is 8.41. The summed E-state index contributed by atoms with van der Waals surface area (Å²) in [6, 6.07) is 16.9. The lowest BCUT2D eigenvalue weighted by molar-refractivity contribution is -0.155. The number of piperazine rings is 1. The molecule has 0 aliphatic carbocycles. The fourth-order valence-electron chi connectivity index (χ4n) is 4.16. The SMILES string of the molecule is CCOC(=O)CN(C=O)N1CCN(c2ccc(C=Cc3cc(F)cc(-c4ccncc4)c3)cc2)CC1. The van der Waals surface area contributed by atoms with E-state index in [4.69, 9.17) is 4.74 Å². The Morgan fingerprint density at radius 3 is 2.33 bits per heavy atom. The first-order chi connectivity index (χ1) is 17.6. The van der Waals surface area contributed by atoms with E-state index in [1.165, 1.54) is 17.1 Å². The predicted octanol–water partition coefficient (Wildman–Crippen LogP) is 4.12. The summed E-state index contributed by atoms with van der Waals surface area (Å²) < 4.78 is 19.1. The Hall–Kier alpha value is -4.04. The average molecular weight is 489 g/mol. The minimum atomic E-state index is -0.414. The van der Waals surface area contributed by atoms with Crippen molar-refractivity contribution in [3.05, 3.63) is 83.9 Å². The molecule has 1 aliphatic heterocycles. The zero-order chi connectivity index (χ0) is 25.3. The largest absolute Gasteiger partial charge is 0.465 e. The Balaban J connectivity index is 1.36. The van der Waals surface area contributed by atoms with E-state index in [0.717, 1.165) is 41.0 Å². The van der Waals surface area contributed by atoms with Crippen LogP contribution in [0, 0.1) is 5.82 Å². The number of hydrogen-bond donors (Lipinski definition) is 0. The molecule has 4 rings (SSSR count). The van der Waals surface area contributed by atoms with E-state index in [0.29, 0.717) is 26.1 Å². The molecule has 7 nitrogen and oxygen atoms in total. The van der Waals surface area contributed by atoms with Crippen LogP contribution in [0.25, 0.3) is 23.3 Å². The third-order valence-electron chi connectivity index (χ3n) is 6.00. The number of nitrogens with zero attached hydrogens (tertiary/aromatic N) is 4. The van der Waals surface area contributed by atoms with Crippen LogP contribution in [0.15, 0.2) is 67.0 Å². The van der Waals surface area contributed by atoms with Gasteiger partial charge < -0.3 is 9.64 Å². The van der Waals surface area contributed by atoms with Gasteiger partial charge >= 0.3 is 5.97 Å². The second kappa shape index (κ2) is 12.1. The van der Waals surface area contributed by atoms with Crippen LogP contribution >= 0.6 is 0 Å². The molecule has 3 aromatic rings. The number of amides is 1. The summed E-state index contributed by atoms with van der Waals surface area (Å²) >= 11 is 0. The quantitative estimate of drug-likeness (QED) is 0.257. The molecule has 186 valence electrons. The molecule has 2 heterocycles. The van der Waals surface area contributed by atoms with Crippen LogP contribution < -0.4 is 4.90 Å². The van der Waals surface area contributed by atoms with Gasteiger partial charge in [0.25, 0.3) is 0 Å². The predicted molar refractivity (Wildman–Crippen MR) is 138 cm³/mol. The van der Waals surface area contributed by atoms with Crippen molar-refractivity contribution in [1.82, 2.24) is 15.0 Å². The molecule has 1 aromatic heterocycles.